The van der Waals surface area contributed by atoms with Crippen LogP contribution in [-0.4, -0.2) is 39.0 Å². The van der Waals surface area contributed by atoms with Gasteiger partial charge in [-0.05, 0) is 57.6 Å². The van der Waals surface area contributed by atoms with Crippen LogP contribution in [0.1, 0.15) is 51.1 Å². The molecule has 2 aliphatic rings. The second kappa shape index (κ2) is 8.15. The summed E-state index contributed by atoms with van der Waals surface area (Å²) < 4.78 is 2.27. The van der Waals surface area contributed by atoms with Crippen LogP contribution in [0.2, 0.25) is 0 Å². The first-order chi connectivity index (χ1) is 13.5. The maximum absolute atomic E-state index is 12.6. The zero-order valence-corrected chi connectivity index (χ0v) is 17.7. The maximum Gasteiger partial charge on any atom is 0.237 e. The molecule has 0 bridgehead atoms. The molecular formula is C21H29N5OS. The second-order valence-electron chi connectivity index (χ2n) is 8.17. The molecule has 1 aliphatic heterocycles. The van der Waals surface area contributed by atoms with Gasteiger partial charge >= 0.3 is 0 Å². The van der Waals surface area contributed by atoms with Crippen LogP contribution in [-0.2, 0) is 4.79 Å². The lowest BCUT2D eigenvalue weighted by Gasteiger charge is -2.31. The highest BCUT2D eigenvalue weighted by atomic mass is 32.2. The molecule has 150 valence electrons. The molecule has 1 saturated heterocycles. The van der Waals surface area contributed by atoms with Crippen molar-refractivity contribution >= 4 is 29.3 Å². The smallest absolute Gasteiger partial charge is 0.237 e. The summed E-state index contributed by atoms with van der Waals surface area (Å²) in [5, 5.41) is 12.6. The lowest BCUT2D eigenvalue weighted by molar-refractivity contribution is -0.115. The normalized spacial score (nSPS) is 18.9. The average Bonchev–Trinajstić information content (AvgIpc) is 3.44. The number of nitrogens with zero attached hydrogens (tertiary/aromatic N) is 4. The van der Waals surface area contributed by atoms with Gasteiger partial charge in [0.2, 0.25) is 11.9 Å². The van der Waals surface area contributed by atoms with Crippen molar-refractivity contribution < 1.29 is 4.79 Å². The van der Waals surface area contributed by atoms with Crippen LogP contribution in [0.5, 0.6) is 0 Å². The number of rotatable bonds is 6. The molecule has 1 aromatic heterocycles. The number of hydrogen-bond donors (Lipinski definition) is 1. The molecule has 4 rings (SSSR count). The van der Waals surface area contributed by atoms with Crippen molar-refractivity contribution in [2.24, 2.45) is 5.92 Å². The summed E-state index contributed by atoms with van der Waals surface area (Å²) >= 11 is 1.51. The number of thioether (sulfide) groups is 1. The molecule has 2 aromatic rings. The van der Waals surface area contributed by atoms with Crippen LogP contribution in [0.3, 0.4) is 0 Å². The molecule has 0 unspecified atom stereocenters. The fourth-order valence-electron chi connectivity index (χ4n) is 3.52. The van der Waals surface area contributed by atoms with Crippen molar-refractivity contribution in [3.8, 4) is 0 Å². The van der Waals surface area contributed by atoms with E-state index in [-0.39, 0.29) is 11.2 Å². The molecule has 2 heterocycles. The monoisotopic (exact) mass is 399 g/mol. The first kappa shape index (κ1) is 19.3. The van der Waals surface area contributed by atoms with Gasteiger partial charge in [-0.2, -0.15) is 0 Å². The van der Waals surface area contributed by atoms with Gasteiger partial charge in [0, 0.05) is 24.8 Å². The number of aryl methyl sites for hydroxylation is 1. The van der Waals surface area contributed by atoms with Gasteiger partial charge in [0.05, 0.1) is 5.25 Å². The highest BCUT2D eigenvalue weighted by molar-refractivity contribution is 8.00. The van der Waals surface area contributed by atoms with E-state index in [4.69, 9.17) is 0 Å². The lowest BCUT2D eigenvalue weighted by atomic mass is 10.00. The molecule has 0 radical (unpaired) electrons. The van der Waals surface area contributed by atoms with E-state index in [2.05, 4.69) is 31.9 Å². The van der Waals surface area contributed by atoms with E-state index >= 15 is 0 Å². The Morgan fingerprint density at radius 3 is 2.46 bits per heavy atom. The quantitative estimate of drug-likeness (QED) is 0.735. The van der Waals surface area contributed by atoms with E-state index < -0.39 is 0 Å². The minimum Gasteiger partial charge on any atom is -0.341 e. The molecular weight excluding hydrogens is 370 g/mol. The van der Waals surface area contributed by atoms with E-state index in [1.165, 1.54) is 43.0 Å². The molecule has 1 N–H and O–H groups in total. The number of benzene rings is 1. The third-order valence-corrected chi connectivity index (χ3v) is 6.65. The van der Waals surface area contributed by atoms with E-state index in [1.807, 2.05) is 38.1 Å². The van der Waals surface area contributed by atoms with Gasteiger partial charge in [0.1, 0.15) is 0 Å². The number of hydrogen-bond acceptors (Lipinski definition) is 5. The summed E-state index contributed by atoms with van der Waals surface area (Å²) in [6, 6.07) is 8.37. The van der Waals surface area contributed by atoms with Gasteiger partial charge in [0.25, 0.3) is 0 Å². The molecule has 7 heteroatoms. The number of carbonyl (C=O) groups excluding carboxylic acids is 1. The third kappa shape index (κ3) is 4.35. The van der Waals surface area contributed by atoms with Crippen molar-refractivity contribution in [2.45, 2.75) is 62.9 Å². The number of piperidine rings is 1. The topological polar surface area (TPSA) is 63.1 Å². The Labute approximate surface area is 171 Å². The Bertz CT molecular complexity index is 822. The zero-order chi connectivity index (χ0) is 19.7. The van der Waals surface area contributed by atoms with Crippen LogP contribution < -0.4 is 10.2 Å². The first-order valence-electron chi connectivity index (χ1n) is 10.3. The van der Waals surface area contributed by atoms with Gasteiger partial charge in [-0.1, -0.05) is 36.4 Å². The minimum atomic E-state index is -0.239. The van der Waals surface area contributed by atoms with Crippen LogP contribution >= 0.6 is 11.8 Å². The Kier molecular flexibility index (Phi) is 5.62. The summed E-state index contributed by atoms with van der Waals surface area (Å²) in [6.45, 7) is 8.37. The van der Waals surface area contributed by atoms with E-state index in [0.29, 0.717) is 6.04 Å². The van der Waals surface area contributed by atoms with Crippen LogP contribution in [0.15, 0.2) is 29.4 Å². The van der Waals surface area contributed by atoms with E-state index in [9.17, 15) is 4.79 Å². The van der Waals surface area contributed by atoms with Crippen molar-refractivity contribution in [1.82, 2.24) is 14.8 Å². The van der Waals surface area contributed by atoms with Crippen LogP contribution in [0.25, 0.3) is 0 Å². The lowest BCUT2D eigenvalue weighted by Crippen LogP contribution is -2.34. The van der Waals surface area contributed by atoms with Crippen molar-refractivity contribution in [2.75, 3.05) is 23.3 Å². The molecule has 1 atom stereocenters. The van der Waals surface area contributed by atoms with Gasteiger partial charge in [-0.15, -0.1) is 10.2 Å². The average molecular weight is 400 g/mol. The molecule has 1 aromatic carbocycles. The molecule has 1 saturated carbocycles. The second-order valence-corrected chi connectivity index (χ2v) is 9.48. The molecule has 6 nitrogen and oxygen atoms in total. The third-order valence-electron chi connectivity index (χ3n) is 5.60. The summed E-state index contributed by atoms with van der Waals surface area (Å²) in [4.78, 5) is 15.0. The van der Waals surface area contributed by atoms with Gasteiger partial charge in [-0.3, -0.25) is 9.36 Å². The van der Waals surface area contributed by atoms with Crippen LogP contribution in [0.4, 0.5) is 11.6 Å². The summed E-state index contributed by atoms with van der Waals surface area (Å²) in [5.41, 5.74) is 2.01. The number of aromatic nitrogens is 3. The Morgan fingerprint density at radius 1 is 1.14 bits per heavy atom. The Balaban J connectivity index is 1.45. The number of carbonyl (C=O) groups is 1. The van der Waals surface area contributed by atoms with E-state index in [0.717, 1.165) is 35.8 Å². The van der Waals surface area contributed by atoms with Gasteiger partial charge in [-0.25, -0.2) is 0 Å². The molecule has 1 aliphatic carbocycles. The fourth-order valence-corrected chi connectivity index (χ4v) is 4.43. The van der Waals surface area contributed by atoms with Crippen LogP contribution in [0, 0.1) is 12.8 Å². The molecule has 1 amide bonds. The predicted molar refractivity (Wildman–Crippen MR) is 114 cm³/mol. The minimum absolute atomic E-state index is 0.00690. The molecule has 0 spiro atoms. The van der Waals surface area contributed by atoms with E-state index in [1.54, 1.807) is 0 Å². The summed E-state index contributed by atoms with van der Waals surface area (Å²) in [6.07, 6.45) is 4.75. The Morgan fingerprint density at radius 2 is 1.82 bits per heavy atom. The highest BCUT2D eigenvalue weighted by Gasteiger charge is 2.33. The van der Waals surface area contributed by atoms with Gasteiger partial charge < -0.3 is 10.2 Å². The zero-order valence-electron chi connectivity index (χ0n) is 16.9. The number of amides is 1. The standard InChI is InChI=1S/C21H29N5OS/c1-14-4-6-17(7-5-14)22-19(27)16(3)28-21-24-23-20(26(21)18-8-9-18)25-12-10-15(2)11-13-25/h4-7,15-16,18H,8-13H2,1-3H3,(H,22,27)/t16-/m1/s1. The number of anilines is 2. The van der Waals surface area contributed by atoms with Crippen molar-refractivity contribution in [3.63, 3.8) is 0 Å². The summed E-state index contributed by atoms with van der Waals surface area (Å²) in [7, 11) is 0. The fraction of sp³-hybridized carbons (Fsp3) is 0.571. The highest BCUT2D eigenvalue weighted by Crippen LogP contribution is 2.42. The first-order valence-corrected chi connectivity index (χ1v) is 11.1. The largest absolute Gasteiger partial charge is 0.341 e. The van der Waals surface area contributed by atoms with Crippen molar-refractivity contribution in [3.05, 3.63) is 29.8 Å². The summed E-state index contributed by atoms with van der Waals surface area (Å²) in [5.74, 6) is 1.77. The van der Waals surface area contributed by atoms with Gasteiger partial charge in [0.15, 0.2) is 5.16 Å². The number of nitrogens with one attached hydrogen (secondary N) is 1. The molecule has 28 heavy (non-hydrogen) atoms. The molecule has 2 fully saturated rings. The predicted octanol–water partition coefficient (Wildman–Crippen LogP) is 4.28. The maximum atomic E-state index is 12.6. The SMILES string of the molecule is Cc1ccc(NC(=O)[C@@H](C)Sc2nnc(N3CCC(C)CC3)n2C2CC2)cc1. The van der Waals surface area contributed by atoms with Crippen molar-refractivity contribution in [1.29, 1.82) is 0 Å². The Hall–Kier alpha value is -2.02.